The van der Waals surface area contributed by atoms with Crippen LogP contribution in [0.15, 0.2) is 17.2 Å². The molecule has 2 unspecified atom stereocenters. The highest BCUT2D eigenvalue weighted by Gasteiger charge is 2.30. The van der Waals surface area contributed by atoms with Gasteiger partial charge in [0, 0.05) is 11.4 Å². The summed E-state index contributed by atoms with van der Waals surface area (Å²) in [5.74, 6) is -0.0910. The van der Waals surface area contributed by atoms with E-state index in [-0.39, 0.29) is 6.10 Å². The molecule has 0 amide bonds. The van der Waals surface area contributed by atoms with Gasteiger partial charge in [-0.1, -0.05) is 0 Å². The van der Waals surface area contributed by atoms with Gasteiger partial charge in [0.05, 0.1) is 11.1 Å². The number of aliphatic carboxylic acids is 1. The molecular formula is C13H17NO3S. The summed E-state index contributed by atoms with van der Waals surface area (Å²) in [6.45, 7) is 4.02. The Bertz CT molecular complexity index is 430. The second kappa shape index (κ2) is 5.71. The minimum Gasteiger partial charge on any atom is -0.479 e. The Morgan fingerprint density at radius 3 is 2.89 bits per heavy atom. The number of hydrogen-bond acceptors (Lipinski definition) is 4. The van der Waals surface area contributed by atoms with Crippen molar-refractivity contribution in [1.82, 2.24) is 4.98 Å². The Hall–Kier alpha value is -1.07. The first-order chi connectivity index (χ1) is 8.54. The van der Waals surface area contributed by atoms with Crippen molar-refractivity contribution in [3.05, 3.63) is 23.4 Å². The molecule has 0 aromatic carbocycles. The van der Waals surface area contributed by atoms with E-state index in [1.165, 1.54) is 5.56 Å². The Morgan fingerprint density at radius 1 is 1.50 bits per heavy atom. The number of thioether (sulfide) groups is 1. The average molecular weight is 267 g/mol. The highest BCUT2D eigenvalue weighted by Crippen LogP contribution is 2.26. The van der Waals surface area contributed by atoms with Gasteiger partial charge >= 0.3 is 5.97 Å². The van der Waals surface area contributed by atoms with Gasteiger partial charge in [-0.25, -0.2) is 9.78 Å². The number of carbonyl (C=O) groups is 1. The molecule has 0 spiro atoms. The van der Waals surface area contributed by atoms with Crippen LogP contribution in [0, 0.1) is 13.8 Å². The van der Waals surface area contributed by atoms with Crippen molar-refractivity contribution < 1.29 is 14.6 Å². The predicted octanol–water partition coefficient (Wildman–Crippen LogP) is 2.42. The largest absolute Gasteiger partial charge is 0.479 e. The average Bonchev–Trinajstić information content (AvgIpc) is 2.73. The first-order valence-corrected chi connectivity index (χ1v) is 6.99. The first kappa shape index (κ1) is 13.4. The summed E-state index contributed by atoms with van der Waals surface area (Å²) >= 11 is 1.63. The molecule has 0 bridgehead atoms. The fourth-order valence-electron chi connectivity index (χ4n) is 2.07. The van der Waals surface area contributed by atoms with E-state index in [0.29, 0.717) is 6.42 Å². The van der Waals surface area contributed by atoms with E-state index in [1.807, 2.05) is 26.0 Å². The second-order valence-electron chi connectivity index (χ2n) is 4.60. The number of rotatable bonds is 4. The summed E-state index contributed by atoms with van der Waals surface area (Å²) in [6.07, 6.45) is 0.830. The SMILES string of the molecule is Cc1cc(C)nc(SCC2CCC(C(=O)O)O2)c1. The Labute approximate surface area is 111 Å². The van der Waals surface area contributed by atoms with Crippen LogP contribution in [0.25, 0.3) is 0 Å². The van der Waals surface area contributed by atoms with Crippen molar-refractivity contribution in [2.75, 3.05) is 5.75 Å². The Balaban J connectivity index is 1.87. The molecule has 98 valence electrons. The number of hydrogen-bond donors (Lipinski definition) is 1. The smallest absolute Gasteiger partial charge is 0.332 e. The van der Waals surface area contributed by atoms with Crippen LogP contribution < -0.4 is 0 Å². The van der Waals surface area contributed by atoms with E-state index in [0.717, 1.165) is 22.9 Å². The van der Waals surface area contributed by atoms with Gasteiger partial charge in [0.15, 0.2) is 6.10 Å². The number of pyridine rings is 1. The van der Waals surface area contributed by atoms with Crippen LogP contribution in [0.4, 0.5) is 0 Å². The fraction of sp³-hybridized carbons (Fsp3) is 0.538. The maximum Gasteiger partial charge on any atom is 0.332 e. The van der Waals surface area contributed by atoms with Crippen molar-refractivity contribution in [3.63, 3.8) is 0 Å². The van der Waals surface area contributed by atoms with Gasteiger partial charge in [0.1, 0.15) is 0 Å². The third kappa shape index (κ3) is 3.46. The van der Waals surface area contributed by atoms with E-state index >= 15 is 0 Å². The molecule has 1 aliphatic heterocycles. The number of ether oxygens (including phenoxy) is 1. The summed E-state index contributed by atoms with van der Waals surface area (Å²) in [6, 6.07) is 4.08. The molecule has 1 aliphatic rings. The minimum absolute atomic E-state index is 0.0266. The predicted molar refractivity (Wildman–Crippen MR) is 70.0 cm³/mol. The molecule has 18 heavy (non-hydrogen) atoms. The van der Waals surface area contributed by atoms with Gasteiger partial charge in [-0.05, 0) is 44.4 Å². The van der Waals surface area contributed by atoms with Crippen LogP contribution in [0.5, 0.6) is 0 Å². The normalized spacial score (nSPS) is 23.2. The lowest BCUT2D eigenvalue weighted by atomic mass is 10.2. The number of aryl methyl sites for hydroxylation is 2. The van der Waals surface area contributed by atoms with Gasteiger partial charge < -0.3 is 9.84 Å². The van der Waals surface area contributed by atoms with Gasteiger partial charge in [-0.2, -0.15) is 0 Å². The molecule has 5 heteroatoms. The Kier molecular flexibility index (Phi) is 4.24. The maximum atomic E-state index is 10.8. The standard InChI is InChI=1S/C13H17NO3S/c1-8-5-9(2)14-12(6-8)18-7-10-3-4-11(17-10)13(15)16/h5-6,10-11H,3-4,7H2,1-2H3,(H,15,16). The number of aromatic nitrogens is 1. The quantitative estimate of drug-likeness (QED) is 0.849. The molecular weight excluding hydrogens is 250 g/mol. The van der Waals surface area contributed by atoms with E-state index < -0.39 is 12.1 Å². The number of nitrogens with zero attached hydrogens (tertiary/aromatic N) is 1. The molecule has 4 nitrogen and oxygen atoms in total. The van der Waals surface area contributed by atoms with E-state index in [1.54, 1.807) is 11.8 Å². The van der Waals surface area contributed by atoms with E-state index in [9.17, 15) is 4.79 Å². The summed E-state index contributed by atoms with van der Waals surface area (Å²) in [5.41, 5.74) is 2.20. The summed E-state index contributed by atoms with van der Waals surface area (Å²) in [5, 5.41) is 9.83. The van der Waals surface area contributed by atoms with Crippen LogP contribution in [0.3, 0.4) is 0 Å². The third-order valence-corrected chi connectivity index (χ3v) is 3.92. The molecule has 0 saturated carbocycles. The maximum absolute atomic E-state index is 10.8. The van der Waals surface area contributed by atoms with Gasteiger partial charge in [-0.15, -0.1) is 11.8 Å². The second-order valence-corrected chi connectivity index (χ2v) is 5.64. The van der Waals surface area contributed by atoms with Crippen LogP contribution in [0.1, 0.15) is 24.1 Å². The van der Waals surface area contributed by atoms with Gasteiger partial charge in [0.2, 0.25) is 0 Å². The lowest BCUT2D eigenvalue weighted by molar-refractivity contribution is -0.148. The van der Waals surface area contributed by atoms with Crippen LogP contribution >= 0.6 is 11.8 Å². The number of carboxylic acid groups (broad SMARTS) is 1. The zero-order chi connectivity index (χ0) is 13.1. The molecule has 2 heterocycles. The first-order valence-electron chi connectivity index (χ1n) is 6.01. The van der Waals surface area contributed by atoms with E-state index in [4.69, 9.17) is 9.84 Å². The summed E-state index contributed by atoms with van der Waals surface area (Å²) in [4.78, 5) is 15.2. The molecule has 1 N–H and O–H groups in total. The molecule has 0 radical (unpaired) electrons. The topological polar surface area (TPSA) is 59.4 Å². The molecule has 1 aromatic rings. The van der Waals surface area contributed by atoms with Crippen LogP contribution in [0.2, 0.25) is 0 Å². The highest BCUT2D eigenvalue weighted by molar-refractivity contribution is 7.99. The molecule has 2 atom stereocenters. The molecule has 2 rings (SSSR count). The monoisotopic (exact) mass is 267 g/mol. The third-order valence-electron chi connectivity index (χ3n) is 2.87. The van der Waals surface area contributed by atoms with Crippen molar-refractivity contribution >= 4 is 17.7 Å². The summed E-state index contributed by atoms with van der Waals surface area (Å²) in [7, 11) is 0. The lowest BCUT2D eigenvalue weighted by Gasteiger charge is -2.10. The van der Waals surface area contributed by atoms with Crippen LogP contribution in [-0.2, 0) is 9.53 Å². The van der Waals surface area contributed by atoms with Crippen molar-refractivity contribution in [2.45, 2.75) is 43.9 Å². The molecule has 1 fully saturated rings. The molecule has 1 saturated heterocycles. The number of carboxylic acids is 1. The lowest BCUT2D eigenvalue weighted by Crippen LogP contribution is -2.21. The minimum atomic E-state index is -0.855. The summed E-state index contributed by atoms with van der Waals surface area (Å²) < 4.78 is 5.46. The van der Waals surface area contributed by atoms with E-state index in [2.05, 4.69) is 4.98 Å². The van der Waals surface area contributed by atoms with Gasteiger partial charge in [-0.3, -0.25) is 0 Å². The van der Waals surface area contributed by atoms with Gasteiger partial charge in [0.25, 0.3) is 0 Å². The van der Waals surface area contributed by atoms with Crippen molar-refractivity contribution in [3.8, 4) is 0 Å². The van der Waals surface area contributed by atoms with Crippen LogP contribution in [-0.4, -0.2) is 34.0 Å². The molecule has 0 aliphatic carbocycles. The zero-order valence-corrected chi connectivity index (χ0v) is 11.4. The molecule has 1 aromatic heterocycles. The fourth-order valence-corrected chi connectivity index (χ4v) is 3.15. The van der Waals surface area contributed by atoms with Crippen molar-refractivity contribution in [2.24, 2.45) is 0 Å². The Morgan fingerprint density at radius 2 is 2.28 bits per heavy atom. The highest BCUT2D eigenvalue weighted by atomic mass is 32.2. The zero-order valence-electron chi connectivity index (χ0n) is 10.5. The van der Waals surface area contributed by atoms with Crippen molar-refractivity contribution in [1.29, 1.82) is 0 Å².